The summed E-state index contributed by atoms with van der Waals surface area (Å²) in [6.45, 7) is 0.610. The van der Waals surface area contributed by atoms with Crippen LogP contribution >= 0.6 is 11.8 Å². The highest BCUT2D eigenvalue weighted by atomic mass is 32.2. The average Bonchev–Trinajstić information content (AvgIpc) is 3.12. The first-order valence-electron chi connectivity index (χ1n) is 8.46. The number of hydrogen-bond acceptors (Lipinski definition) is 3. The second-order valence-corrected chi connectivity index (χ2v) is 8.16. The van der Waals surface area contributed by atoms with Crippen molar-refractivity contribution in [1.29, 1.82) is 0 Å². The van der Waals surface area contributed by atoms with Gasteiger partial charge in [-0.1, -0.05) is 19.3 Å². The maximum atomic E-state index is 10.4. The van der Waals surface area contributed by atoms with Crippen LogP contribution in [-0.2, 0) is 0 Å². The van der Waals surface area contributed by atoms with Gasteiger partial charge in [0.25, 0.3) is 0 Å². The summed E-state index contributed by atoms with van der Waals surface area (Å²) in [4.78, 5) is 4.34. The zero-order chi connectivity index (χ0) is 14.7. The van der Waals surface area contributed by atoms with Crippen LogP contribution in [0.25, 0.3) is 0 Å². The molecule has 3 aliphatic rings. The molecular weight excluding hydrogens is 282 g/mol. The highest BCUT2D eigenvalue weighted by Gasteiger charge is 2.35. The van der Waals surface area contributed by atoms with E-state index in [2.05, 4.69) is 15.6 Å². The number of nitrogens with zero attached hydrogens (tertiary/aromatic N) is 1. The number of fused-ring (bicyclic) bond motifs is 1. The van der Waals surface area contributed by atoms with Crippen molar-refractivity contribution in [1.82, 2.24) is 10.6 Å². The minimum atomic E-state index is -0.550. The zero-order valence-electron chi connectivity index (χ0n) is 13.1. The molecule has 0 aromatic heterocycles. The molecule has 1 saturated heterocycles. The lowest BCUT2D eigenvalue weighted by Crippen LogP contribution is -2.50. The van der Waals surface area contributed by atoms with Gasteiger partial charge in [-0.25, -0.2) is 0 Å². The Labute approximate surface area is 132 Å². The average molecular weight is 311 g/mol. The van der Waals surface area contributed by atoms with Gasteiger partial charge in [0.15, 0.2) is 5.96 Å². The van der Waals surface area contributed by atoms with E-state index in [1.165, 1.54) is 38.5 Å². The molecule has 120 valence electrons. The summed E-state index contributed by atoms with van der Waals surface area (Å²) in [5.74, 6) is 4.70. The molecule has 0 radical (unpaired) electrons. The van der Waals surface area contributed by atoms with Crippen molar-refractivity contribution in [3.63, 3.8) is 0 Å². The first kappa shape index (κ1) is 15.5. The van der Waals surface area contributed by atoms with Crippen LogP contribution in [0, 0.1) is 11.8 Å². The van der Waals surface area contributed by atoms with Gasteiger partial charge in [0, 0.05) is 25.4 Å². The van der Waals surface area contributed by atoms with Gasteiger partial charge >= 0.3 is 0 Å². The van der Waals surface area contributed by atoms with Crippen LogP contribution in [0.4, 0.5) is 0 Å². The summed E-state index contributed by atoms with van der Waals surface area (Å²) in [5.41, 5.74) is -0.550. The van der Waals surface area contributed by atoms with Gasteiger partial charge in [0.05, 0.1) is 5.60 Å². The summed E-state index contributed by atoms with van der Waals surface area (Å²) in [6, 6.07) is 0.558. The topological polar surface area (TPSA) is 56.7 Å². The molecule has 0 spiro atoms. The molecule has 0 bridgehead atoms. The van der Waals surface area contributed by atoms with Crippen LogP contribution in [0.1, 0.15) is 44.9 Å². The van der Waals surface area contributed by atoms with Crippen molar-refractivity contribution < 1.29 is 5.11 Å². The van der Waals surface area contributed by atoms with E-state index < -0.39 is 5.60 Å². The largest absolute Gasteiger partial charge is 0.387 e. The highest BCUT2D eigenvalue weighted by Crippen LogP contribution is 2.42. The fraction of sp³-hybridized carbons (Fsp3) is 0.938. The standard InChI is InChI=1S/C16H29N3OS/c1-17-15(18-10-16(20)7-8-21-11-16)19-14-6-5-12-3-2-4-13(12)9-14/h12-14,20H,2-11H2,1H3,(H2,17,18,19). The van der Waals surface area contributed by atoms with Crippen molar-refractivity contribution in [2.24, 2.45) is 16.8 Å². The Balaban J connectivity index is 1.46. The van der Waals surface area contributed by atoms with Gasteiger partial charge in [-0.05, 0) is 43.3 Å². The Bertz CT molecular complexity index is 382. The second kappa shape index (κ2) is 6.78. The molecule has 0 aromatic carbocycles. The predicted molar refractivity (Wildman–Crippen MR) is 89.9 cm³/mol. The lowest BCUT2D eigenvalue weighted by Gasteiger charge is -2.33. The van der Waals surface area contributed by atoms with Crippen LogP contribution < -0.4 is 10.6 Å². The van der Waals surface area contributed by atoms with Gasteiger partial charge < -0.3 is 15.7 Å². The maximum absolute atomic E-state index is 10.4. The summed E-state index contributed by atoms with van der Waals surface area (Å²) in [5, 5.41) is 17.3. The predicted octanol–water partition coefficient (Wildman–Crippen LogP) is 1.99. The number of rotatable bonds is 3. The van der Waals surface area contributed by atoms with Gasteiger partial charge in [0.1, 0.15) is 0 Å². The van der Waals surface area contributed by atoms with Crippen molar-refractivity contribution in [3.8, 4) is 0 Å². The molecule has 4 unspecified atom stereocenters. The second-order valence-electron chi connectivity index (χ2n) is 7.06. The van der Waals surface area contributed by atoms with Gasteiger partial charge in [-0.15, -0.1) is 0 Å². The molecule has 4 atom stereocenters. The maximum Gasteiger partial charge on any atom is 0.191 e. The van der Waals surface area contributed by atoms with Crippen LogP contribution in [0.2, 0.25) is 0 Å². The smallest absolute Gasteiger partial charge is 0.191 e. The van der Waals surface area contributed by atoms with Crippen molar-refractivity contribution in [2.45, 2.75) is 56.6 Å². The lowest BCUT2D eigenvalue weighted by molar-refractivity contribution is 0.0723. The Hall–Kier alpha value is -0.420. The third-order valence-corrected chi connectivity index (χ3v) is 6.76. The molecule has 3 fully saturated rings. The monoisotopic (exact) mass is 311 g/mol. The van der Waals surface area contributed by atoms with Crippen molar-refractivity contribution >= 4 is 17.7 Å². The highest BCUT2D eigenvalue weighted by molar-refractivity contribution is 7.99. The Morgan fingerprint density at radius 1 is 1.29 bits per heavy atom. The molecule has 2 saturated carbocycles. The molecule has 5 heteroatoms. The van der Waals surface area contributed by atoms with E-state index in [0.717, 1.165) is 35.7 Å². The molecule has 0 aromatic rings. The summed E-state index contributed by atoms with van der Waals surface area (Å²) >= 11 is 1.84. The van der Waals surface area contributed by atoms with E-state index in [-0.39, 0.29) is 0 Å². The van der Waals surface area contributed by atoms with Crippen LogP contribution in [0.3, 0.4) is 0 Å². The van der Waals surface area contributed by atoms with Gasteiger partial charge in [0.2, 0.25) is 0 Å². The van der Waals surface area contributed by atoms with Gasteiger partial charge in [-0.3, -0.25) is 4.99 Å². The molecule has 0 amide bonds. The Kier molecular flexibility index (Phi) is 4.99. The van der Waals surface area contributed by atoms with E-state index >= 15 is 0 Å². The molecule has 4 nitrogen and oxygen atoms in total. The normalized spacial score (nSPS) is 40.1. The summed E-state index contributed by atoms with van der Waals surface area (Å²) in [6.07, 6.45) is 9.13. The van der Waals surface area contributed by atoms with E-state index in [4.69, 9.17) is 0 Å². The van der Waals surface area contributed by atoms with E-state index in [1.54, 1.807) is 0 Å². The Morgan fingerprint density at radius 2 is 2.14 bits per heavy atom. The molecule has 2 aliphatic carbocycles. The third kappa shape index (κ3) is 3.86. The number of guanidine groups is 1. The first-order chi connectivity index (χ1) is 10.2. The molecule has 21 heavy (non-hydrogen) atoms. The van der Waals surface area contributed by atoms with Crippen molar-refractivity contribution in [2.75, 3.05) is 25.1 Å². The summed E-state index contributed by atoms with van der Waals surface area (Å²) < 4.78 is 0. The third-order valence-electron chi connectivity index (χ3n) is 5.52. The van der Waals surface area contributed by atoms with Gasteiger partial charge in [-0.2, -0.15) is 11.8 Å². The minimum absolute atomic E-state index is 0.550. The molecule has 3 rings (SSSR count). The van der Waals surface area contributed by atoms with Crippen LogP contribution in [-0.4, -0.2) is 47.8 Å². The Morgan fingerprint density at radius 3 is 2.90 bits per heavy atom. The van der Waals surface area contributed by atoms with Crippen LogP contribution in [0.5, 0.6) is 0 Å². The van der Waals surface area contributed by atoms with Crippen LogP contribution in [0.15, 0.2) is 4.99 Å². The zero-order valence-corrected chi connectivity index (χ0v) is 13.9. The number of aliphatic hydroxyl groups is 1. The molecule has 1 aliphatic heterocycles. The summed E-state index contributed by atoms with van der Waals surface area (Å²) in [7, 11) is 1.82. The van der Waals surface area contributed by atoms with E-state index in [1.807, 2.05) is 18.8 Å². The fourth-order valence-electron chi connectivity index (χ4n) is 4.21. The SMILES string of the molecule is CN=C(NCC1(O)CCSC1)NC1CCC2CCCC2C1. The number of aliphatic imine (C=N–C) groups is 1. The number of hydrogen-bond donors (Lipinski definition) is 3. The molecular formula is C16H29N3OS. The van der Waals surface area contributed by atoms with E-state index in [0.29, 0.717) is 12.6 Å². The first-order valence-corrected chi connectivity index (χ1v) is 9.61. The number of nitrogens with one attached hydrogen (secondary N) is 2. The van der Waals surface area contributed by atoms with Crippen molar-refractivity contribution in [3.05, 3.63) is 0 Å². The molecule has 3 N–H and O–H groups in total. The lowest BCUT2D eigenvalue weighted by atomic mass is 9.79. The fourth-order valence-corrected chi connectivity index (χ4v) is 5.50. The minimum Gasteiger partial charge on any atom is -0.387 e. The quantitative estimate of drug-likeness (QED) is 0.551. The number of thioether (sulfide) groups is 1. The molecule has 1 heterocycles. The van der Waals surface area contributed by atoms with E-state index in [9.17, 15) is 5.11 Å².